The Morgan fingerprint density at radius 3 is 2.25 bits per heavy atom. The molecule has 53 valence electrons. The molecule has 3 heteroatoms. The summed E-state index contributed by atoms with van der Waals surface area (Å²) in [6.07, 6.45) is 2.08. The van der Waals surface area contributed by atoms with Gasteiger partial charge in [0.05, 0.1) is 0 Å². The van der Waals surface area contributed by atoms with Gasteiger partial charge in [-0.05, 0) is 6.42 Å². The van der Waals surface area contributed by atoms with Crippen molar-refractivity contribution in [3.8, 4) is 0 Å². The molecule has 0 aliphatic carbocycles. The van der Waals surface area contributed by atoms with Crippen LogP contribution in [-0.4, -0.2) is 11.1 Å². The van der Waals surface area contributed by atoms with Crippen LogP contribution in [0.2, 0.25) is 0 Å². The van der Waals surface area contributed by atoms with E-state index in [1.165, 1.54) is 0 Å². The Kier molecular flexibility index (Phi) is 9.97. The summed E-state index contributed by atoms with van der Waals surface area (Å²) in [4.78, 5) is 9.76. The predicted octanol–water partition coefficient (Wildman–Crippen LogP) is 1.26. The Balaban J connectivity index is 0. The third-order valence-electron chi connectivity index (χ3n) is 0.744. The molecule has 0 fully saturated rings. The summed E-state index contributed by atoms with van der Waals surface area (Å²) in [5, 5.41) is 8.04. The van der Waals surface area contributed by atoms with Crippen molar-refractivity contribution in [2.24, 2.45) is 0 Å². The van der Waals surface area contributed by atoms with E-state index in [9.17, 15) is 4.79 Å². The molecule has 2 nitrogen and oxygen atoms in total. The summed E-state index contributed by atoms with van der Waals surface area (Å²) in [5.41, 5.74) is 0. The molecule has 0 saturated carbocycles. The minimum absolute atomic E-state index is 0. The first kappa shape index (κ1) is 11.1. The van der Waals surface area contributed by atoms with Crippen LogP contribution in [0.1, 0.15) is 26.2 Å². The van der Waals surface area contributed by atoms with E-state index in [2.05, 4.69) is 0 Å². The van der Waals surface area contributed by atoms with E-state index in [1.807, 2.05) is 6.92 Å². The molecule has 0 amide bonds. The van der Waals surface area contributed by atoms with Gasteiger partial charge in [0.2, 0.25) is 0 Å². The second-order valence-electron chi connectivity index (χ2n) is 1.50. The maximum absolute atomic E-state index is 9.76. The quantitative estimate of drug-likeness (QED) is 0.797. The number of carboxylic acid groups (broad SMARTS) is 1. The summed E-state index contributed by atoms with van der Waals surface area (Å²) >= 11 is 0. The second kappa shape index (κ2) is 7.21. The zero-order chi connectivity index (χ0) is 5.70. The van der Waals surface area contributed by atoms with Gasteiger partial charge in [0, 0.05) is 28.8 Å². The monoisotopic (exact) mass is 299 g/mol. The molecule has 8 heavy (non-hydrogen) atoms. The fourth-order valence-corrected chi connectivity index (χ4v) is 0.328. The summed E-state index contributed by atoms with van der Waals surface area (Å²) < 4.78 is 0. The van der Waals surface area contributed by atoms with Crippen molar-refractivity contribution in [1.29, 1.82) is 0 Å². The van der Waals surface area contributed by atoms with E-state index in [4.69, 9.17) is 5.11 Å². The van der Waals surface area contributed by atoms with Gasteiger partial charge in [0.25, 0.3) is 0 Å². The molecule has 0 aliphatic rings. The predicted molar refractivity (Wildman–Crippen MR) is 27.2 cm³/mol. The normalized spacial score (nSPS) is 7.62. The molecule has 0 aliphatic heterocycles. The van der Waals surface area contributed by atoms with Crippen molar-refractivity contribution in [3.63, 3.8) is 0 Å². The molecule has 1 N–H and O–H groups in total. The maximum Gasteiger partial charge on any atom is 0.303 e. The third-order valence-corrected chi connectivity index (χ3v) is 0.744. The molecule has 1 radical (unpaired) electrons. The number of aliphatic carboxylic acids is 1. The van der Waals surface area contributed by atoms with Crippen LogP contribution in [0, 0.1) is 0 Å². The van der Waals surface area contributed by atoms with E-state index < -0.39 is 5.97 Å². The number of carboxylic acids is 1. The van der Waals surface area contributed by atoms with Gasteiger partial charge < -0.3 is 5.11 Å². The van der Waals surface area contributed by atoms with Crippen LogP contribution in [0.15, 0.2) is 0 Å². The van der Waals surface area contributed by atoms with Gasteiger partial charge in [-0.2, -0.15) is 0 Å². The minimum atomic E-state index is -0.693. The average Bonchev–Trinajstić information content (AvgIpc) is 1.61. The van der Waals surface area contributed by atoms with Gasteiger partial charge in [-0.1, -0.05) is 13.3 Å². The van der Waals surface area contributed by atoms with E-state index >= 15 is 0 Å². The molecule has 0 heterocycles. The van der Waals surface area contributed by atoms with Gasteiger partial charge in [0.1, 0.15) is 0 Å². The summed E-state index contributed by atoms with van der Waals surface area (Å²) in [5.74, 6) is -0.693. The van der Waals surface area contributed by atoms with Crippen LogP contribution in [0.25, 0.3) is 0 Å². The molecule has 0 rings (SSSR count). The van der Waals surface area contributed by atoms with Crippen LogP contribution in [0.3, 0.4) is 0 Å². The zero-order valence-electron chi connectivity index (χ0n) is 4.78. The molecule has 0 spiro atoms. The fraction of sp³-hybridized carbons (Fsp3) is 0.800. The molecule has 0 aromatic carbocycles. The number of unbranched alkanes of at least 4 members (excludes halogenated alkanes) is 1. The average molecular weight is 299 g/mol. The van der Waals surface area contributed by atoms with Crippen molar-refractivity contribution in [1.82, 2.24) is 0 Å². The summed E-state index contributed by atoms with van der Waals surface area (Å²) in [6, 6.07) is 0. The van der Waals surface area contributed by atoms with Crippen molar-refractivity contribution in [2.75, 3.05) is 0 Å². The molecular weight excluding hydrogens is 289 g/mol. The molecule has 0 atom stereocenters. The Morgan fingerprint density at radius 1 is 1.62 bits per heavy atom. The standard InChI is InChI=1S/C5H10O2.Au/c1-2-3-4-5(6)7;/h2-4H2,1H3,(H,6,7);. The van der Waals surface area contributed by atoms with Crippen molar-refractivity contribution in [3.05, 3.63) is 0 Å². The van der Waals surface area contributed by atoms with Crippen LogP contribution in [0.4, 0.5) is 0 Å². The van der Waals surface area contributed by atoms with Gasteiger partial charge in [0.15, 0.2) is 0 Å². The van der Waals surface area contributed by atoms with Crippen molar-refractivity contribution in [2.45, 2.75) is 26.2 Å². The molecule has 0 saturated heterocycles. The van der Waals surface area contributed by atoms with E-state index in [1.54, 1.807) is 0 Å². The molecular formula is C5H10AuO2. The fourth-order valence-electron chi connectivity index (χ4n) is 0.328. The topological polar surface area (TPSA) is 37.3 Å². The van der Waals surface area contributed by atoms with Crippen LogP contribution >= 0.6 is 0 Å². The van der Waals surface area contributed by atoms with Gasteiger partial charge >= 0.3 is 5.97 Å². The zero-order valence-corrected chi connectivity index (χ0v) is 6.94. The Bertz CT molecular complexity index is 63.4. The number of hydrogen-bond acceptors (Lipinski definition) is 1. The second-order valence-corrected chi connectivity index (χ2v) is 1.50. The number of rotatable bonds is 3. The van der Waals surface area contributed by atoms with Crippen molar-refractivity contribution < 1.29 is 32.3 Å². The van der Waals surface area contributed by atoms with E-state index in [0.717, 1.165) is 12.8 Å². The number of carbonyl (C=O) groups is 1. The Hall–Kier alpha value is 0.210. The van der Waals surface area contributed by atoms with Gasteiger partial charge in [-0.3, -0.25) is 4.79 Å². The minimum Gasteiger partial charge on any atom is -0.481 e. The van der Waals surface area contributed by atoms with E-state index in [0.29, 0.717) is 6.42 Å². The first-order valence-corrected chi connectivity index (χ1v) is 2.49. The van der Waals surface area contributed by atoms with Crippen LogP contribution in [0.5, 0.6) is 0 Å². The van der Waals surface area contributed by atoms with E-state index in [-0.39, 0.29) is 22.4 Å². The smallest absolute Gasteiger partial charge is 0.303 e. The first-order valence-electron chi connectivity index (χ1n) is 2.49. The van der Waals surface area contributed by atoms with Crippen molar-refractivity contribution >= 4 is 5.97 Å². The third kappa shape index (κ3) is 9.51. The summed E-state index contributed by atoms with van der Waals surface area (Å²) in [6.45, 7) is 1.98. The first-order chi connectivity index (χ1) is 3.27. The van der Waals surface area contributed by atoms with Gasteiger partial charge in [-0.15, -0.1) is 0 Å². The van der Waals surface area contributed by atoms with Crippen LogP contribution < -0.4 is 0 Å². The number of hydrogen-bond donors (Lipinski definition) is 1. The Morgan fingerprint density at radius 2 is 2.12 bits per heavy atom. The Labute approximate surface area is 64.8 Å². The van der Waals surface area contributed by atoms with Gasteiger partial charge in [-0.25, -0.2) is 0 Å². The largest absolute Gasteiger partial charge is 0.481 e. The molecule has 0 aromatic rings. The molecule has 0 unspecified atom stereocenters. The van der Waals surface area contributed by atoms with Crippen LogP contribution in [-0.2, 0) is 27.2 Å². The molecule has 0 bridgehead atoms. The summed E-state index contributed by atoms with van der Waals surface area (Å²) in [7, 11) is 0. The molecule has 0 aromatic heterocycles. The maximum atomic E-state index is 9.76. The SMILES string of the molecule is CCCCC(=O)O.[Au].